The first-order valence-electron chi connectivity index (χ1n) is 5.78. The van der Waals surface area contributed by atoms with Gasteiger partial charge in [0.1, 0.15) is 0 Å². The second-order valence-corrected chi connectivity index (χ2v) is 4.40. The van der Waals surface area contributed by atoms with Crippen molar-refractivity contribution in [2.75, 3.05) is 18.0 Å². The standard InChI is InChI=1S/C13H16N2/c1-2-11(1)12-5-9-15(10-6-12)13-3-7-14-8-4-13/h3-4,7-8H,1-2,5-6,9-10H2. The minimum Gasteiger partial charge on any atom is -0.371 e. The summed E-state index contributed by atoms with van der Waals surface area (Å²) in [6.07, 6.45) is 9.07. The lowest BCUT2D eigenvalue weighted by molar-refractivity contribution is 0.682. The summed E-state index contributed by atoms with van der Waals surface area (Å²) in [6.45, 7) is 2.37. The molecule has 1 saturated carbocycles. The van der Waals surface area contributed by atoms with E-state index in [9.17, 15) is 0 Å². The fraction of sp³-hybridized carbons (Fsp3) is 0.462. The molecule has 0 unspecified atom stereocenters. The van der Waals surface area contributed by atoms with Crippen LogP contribution in [0.15, 0.2) is 35.7 Å². The summed E-state index contributed by atoms with van der Waals surface area (Å²) in [4.78, 5) is 6.52. The molecule has 1 aromatic rings. The lowest BCUT2D eigenvalue weighted by Gasteiger charge is -2.30. The molecule has 2 heterocycles. The molecule has 1 aliphatic heterocycles. The number of aromatic nitrogens is 1. The van der Waals surface area contributed by atoms with Gasteiger partial charge in [-0.2, -0.15) is 0 Å². The van der Waals surface area contributed by atoms with Crippen LogP contribution in [0.25, 0.3) is 0 Å². The Morgan fingerprint density at radius 1 is 0.867 bits per heavy atom. The van der Waals surface area contributed by atoms with Gasteiger partial charge in [-0.1, -0.05) is 11.1 Å². The monoisotopic (exact) mass is 200 g/mol. The lowest BCUT2D eigenvalue weighted by Crippen LogP contribution is -2.30. The van der Waals surface area contributed by atoms with E-state index in [1.165, 1.54) is 44.5 Å². The summed E-state index contributed by atoms with van der Waals surface area (Å²) in [6, 6.07) is 4.21. The molecule has 78 valence electrons. The third-order valence-corrected chi connectivity index (χ3v) is 3.39. The third-order valence-electron chi connectivity index (χ3n) is 3.39. The molecule has 2 heteroatoms. The maximum atomic E-state index is 4.06. The van der Waals surface area contributed by atoms with Crippen LogP contribution >= 0.6 is 0 Å². The van der Waals surface area contributed by atoms with Gasteiger partial charge in [0.2, 0.25) is 0 Å². The SMILES string of the molecule is c1cc(N2CCC(=C3CC3)CC2)ccn1. The van der Waals surface area contributed by atoms with Crippen molar-refractivity contribution in [2.24, 2.45) is 0 Å². The minimum absolute atomic E-state index is 1.18. The van der Waals surface area contributed by atoms with E-state index in [-0.39, 0.29) is 0 Å². The van der Waals surface area contributed by atoms with E-state index in [1.54, 1.807) is 11.1 Å². The Kier molecular flexibility index (Phi) is 2.20. The largest absolute Gasteiger partial charge is 0.371 e. The molecule has 15 heavy (non-hydrogen) atoms. The molecule has 2 nitrogen and oxygen atoms in total. The van der Waals surface area contributed by atoms with Crippen LogP contribution in [0.1, 0.15) is 25.7 Å². The third kappa shape index (κ3) is 1.89. The van der Waals surface area contributed by atoms with Crippen molar-refractivity contribution < 1.29 is 0 Å². The maximum Gasteiger partial charge on any atom is 0.0397 e. The molecule has 0 N–H and O–H groups in total. The second kappa shape index (κ2) is 3.69. The van der Waals surface area contributed by atoms with Gasteiger partial charge >= 0.3 is 0 Å². The van der Waals surface area contributed by atoms with Crippen LogP contribution in [-0.4, -0.2) is 18.1 Å². The van der Waals surface area contributed by atoms with Crippen molar-refractivity contribution in [1.82, 2.24) is 4.98 Å². The van der Waals surface area contributed by atoms with E-state index in [0.717, 1.165) is 0 Å². The van der Waals surface area contributed by atoms with Crippen molar-refractivity contribution >= 4 is 5.69 Å². The van der Waals surface area contributed by atoms with Crippen LogP contribution in [-0.2, 0) is 0 Å². The van der Waals surface area contributed by atoms with E-state index in [4.69, 9.17) is 0 Å². The van der Waals surface area contributed by atoms with Gasteiger partial charge in [0.25, 0.3) is 0 Å². The highest BCUT2D eigenvalue weighted by molar-refractivity contribution is 5.46. The Hall–Kier alpha value is -1.31. The molecule has 2 aliphatic rings. The van der Waals surface area contributed by atoms with Crippen molar-refractivity contribution in [3.63, 3.8) is 0 Å². The molecule has 3 rings (SSSR count). The van der Waals surface area contributed by atoms with Crippen molar-refractivity contribution in [3.05, 3.63) is 35.7 Å². The van der Waals surface area contributed by atoms with Gasteiger partial charge in [0, 0.05) is 31.2 Å². The average molecular weight is 200 g/mol. The zero-order valence-corrected chi connectivity index (χ0v) is 8.95. The van der Waals surface area contributed by atoms with Gasteiger partial charge < -0.3 is 4.90 Å². The molecule has 0 atom stereocenters. The molecule has 1 saturated heterocycles. The van der Waals surface area contributed by atoms with Crippen molar-refractivity contribution in [1.29, 1.82) is 0 Å². The van der Waals surface area contributed by atoms with Crippen LogP contribution in [0, 0.1) is 0 Å². The molecule has 0 radical (unpaired) electrons. The van der Waals surface area contributed by atoms with E-state index < -0.39 is 0 Å². The van der Waals surface area contributed by atoms with Crippen LogP contribution in [0.2, 0.25) is 0 Å². The number of hydrogen-bond donors (Lipinski definition) is 0. The normalized spacial score (nSPS) is 20.7. The highest BCUT2D eigenvalue weighted by atomic mass is 15.1. The Balaban J connectivity index is 1.69. The molecule has 0 spiro atoms. The fourth-order valence-electron chi connectivity index (χ4n) is 2.36. The first-order chi connectivity index (χ1) is 7.43. The van der Waals surface area contributed by atoms with Gasteiger partial charge in [-0.05, 0) is 37.8 Å². The molecule has 0 amide bonds. The van der Waals surface area contributed by atoms with Gasteiger partial charge in [0.05, 0.1) is 0 Å². The Morgan fingerprint density at radius 3 is 2.07 bits per heavy atom. The van der Waals surface area contributed by atoms with Gasteiger partial charge in [-0.25, -0.2) is 0 Å². The number of allylic oxidation sites excluding steroid dienone is 1. The first kappa shape index (κ1) is 8.96. The zero-order valence-electron chi connectivity index (χ0n) is 8.95. The highest BCUT2D eigenvalue weighted by Gasteiger charge is 2.21. The van der Waals surface area contributed by atoms with E-state index in [1.807, 2.05) is 12.4 Å². The smallest absolute Gasteiger partial charge is 0.0397 e. The van der Waals surface area contributed by atoms with Gasteiger partial charge in [-0.3, -0.25) is 4.98 Å². The molecule has 1 aliphatic carbocycles. The van der Waals surface area contributed by atoms with Gasteiger partial charge in [0.15, 0.2) is 0 Å². The minimum atomic E-state index is 1.18. The molecule has 2 fully saturated rings. The topological polar surface area (TPSA) is 16.1 Å². The van der Waals surface area contributed by atoms with Crippen LogP contribution < -0.4 is 4.90 Å². The van der Waals surface area contributed by atoms with Gasteiger partial charge in [-0.15, -0.1) is 0 Å². The number of rotatable bonds is 1. The van der Waals surface area contributed by atoms with E-state index >= 15 is 0 Å². The summed E-state index contributed by atoms with van der Waals surface area (Å²) >= 11 is 0. The molecule has 1 aromatic heterocycles. The fourth-order valence-corrected chi connectivity index (χ4v) is 2.36. The summed E-state index contributed by atoms with van der Waals surface area (Å²) in [5.41, 5.74) is 4.83. The Morgan fingerprint density at radius 2 is 1.47 bits per heavy atom. The number of nitrogens with zero attached hydrogens (tertiary/aromatic N) is 2. The highest BCUT2D eigenvalue weighted by Crippen LogP contribution is 2.36. The molecular weight excluding hydrogens is 184 g/mol. The Bertz CT molecular complexity index is 365. The number of hydrogen-bond acceptors (Lipinski definition) is 2. The summed E-state index contributed by atoms with van der Waals surface area (Å²) in [5, 5.41) is 0. The van der Waals surface area contributed by atoms with Crippen LogP contribution in [0.3, 0.4) is 0 Å². The Labute approximate surface area is 90.6 Å². The number of piperidine rings is 1. The molecule has 0 bridgehead atoms. The average Bonchev–Trinajstić information content (AvgIpc) is 3.15. The van der Waals surface area contributed by atoms with E-state index in [0.29, 0.717) is 0 Å². The first-order valence-corrected chi connectivity index (χ1v) is 5.78. The quantitative estimate of drug-likeness (QED) is 0.648. The van der Waals surface area contributed by atoms with Crippen molar-refractivity contribution in [2.45, 2.75) is 25.7 Å². The number of pyridine rings is 1. The maximum absolute atomic E-state index is 4.06. The zero-order chi connectivity index (χ0) is 10.1. The predicted molar refractivity (Wildman–Crippen MR) is 61.9 cm³/mol. The van der Waals surface area contributed by atoms with Crippen LogP contribution in [0.5, 0.6) is 0 Å². The van der Waals surface area contributed by atoms with Crippen LogP contribution in [0.4, 0.5) is 5.69 Å². The summed E-state index contributed by atoms with van der Waals surface area (Å²) in [7, 11) is 0. The molecular formula is C13H16N2. The van der Waals surface area contributed by atoms with E-state index in [2.05, 4.69) is 22.0 Å². The summed E-state index contributed by atoms with van der Waals surface area (Å²) in [5.74, 6) is 0. The number of anilines is 1. The lowest BCUT2D eigenvalue weighted by atomic mass is 10.0. The predicted octanol–water partition coefficient (Wildman–Crippen LogP) is 2.77. The summed E-state index contributed by atoms with van der Waals surface area (Å²) < 4.78 is 0. The van der Waals surface area contributed by atoms with Crippen molar-refractivity contribution in [3.8, 4) is 0 Å². The second-order valence-electron chi connectivity index (χ2n) is 4.40. The molecule has 0 aromatic carbocycles.